The number of halogens is 1. The summed E-state index contributed by atoms with van der Waals surface area (Å²) in [6.07, 6.45) is 1.14. The third kappa shape index (κ3) is 4.49. The Hall–Kier alpha value is -4.15. The highest BCUT2D eigenvalue weighted by Crippen LogP contribution is 2.24. The zero-order valence-corrected chi connectivity index (χ0v) is 18.8. The van der Waals surface area contributed by atoms with Gasteiger partial charge in [0.2, 0.25) is 0 Å². The average Bonchev–Trinajstić information content (AvgIpc) is 3.16. The number of hydrogen-bond acceptors (Lipinski definition) is 7. The van der Waals surface area contributed by atoms with Gasteiger partial charge in [0.1, 0.15) is 23.7 Å². The van der Waals surface area contributed by atoms with Crippen molar-refractivity contribution in [3.05, 3.63) is 58.8 Å². The molecule has 1 aromatic carbocycles. The Morgan fingerprint density at radius 2 is 1.97 bits per heavy atom. The molecule has 34 heavy (non-hydrogen) atoms. The molecule has 0 fully saturated rings. The van der Waals surface area contributed by atoms with Gasteiger partial charge in [-0.1, -0.05) is 6.07 Å². The topological polar surface area (TPSA) is 132 Å². The summed E-state index contributed by atoms with van der Waals surface area (Å²) in [6, 6.07) is 6.43. The molecule has 0 unspecified atom stereocenters. The maximum absolute atomic E-state index is 14.2. The summed E-state index contributed by atoms with van der Waals surface area (Å²) in [5.41, 5.74) is -0.382. The second-order valence-electron chi connectivity index (χ2n) is 8.52. The van der Waals surface area contributed by atoms with E-state index in [0.717, 1.165) is 21.8 Å². The lowest BCUT2D eigenvalue weighted by Gasteiger charge is -2.23. The fourth-order valence-corrected chi connectivity index (χ4v) is 3.37. The lowest BCUT2D eigenvalue weighted by molar-refractivity contribution is -0.122. The number of rotatable bonds is 6. The smallest absolute Gasteiger partial charge is 0.270 e. The third-order valence-electron chi connectivity index (χ3n) is 5.55. The normalized spacial score (nSPS) is 13.2. The largest absolute Gasteiger partial charge is 0.486 e. The molecule has 2 amide bonds. The van der Waals surface area contributed by atoms with Crippen LogP contribution < -0.4 is 15.4 Å². The first kappa shape index (κ1) is 23.0. The lowest BCUT2D eigenvalue weighted by atomic mass is 10.0. The molecular weight excluding hydrogens is 445 g/mol. The van der Waals surface area contributed by atoms with Gasteiger partial charge in [-0.3, -0.25) is 19.2 Å². The van der Waals surface area contributed by atoms with Crippen molar-refractivity contribution in [1.82, 2.24) is 25.2 Å². The van der Waals surface area contributed by atoms with E-state index in [0.29, 0.717) is 5.75 Å². The number of nitrogens with zero attached hydrogens (tertiary/aromatic N) is 3. The molecule has 3 heterocycles. The van der Waals surface area contributed by atoms with Gasteiger partial charge in [-0.15, -0.1) is 0 Å². The first-order chi connectivity index (χ1) is 16.0. The Morgan fingerprint density at radius 3 is 2.71 bits per heavy atom. The summed E-state index contributed by atoms with van der Waals surface area (Å²) >= 11 is 0. The zero-order valence-electron chi connectivity index (χ0n) is 18.8. The van der Waals surface area contributed by atoms with Gasteiger partial charge in [0, 0.05) is 24.6 Å². The van der Waals surface area contributed by atoms with Gasteiger partial charge >= 0.3 is 0 Å². The van der Waals surface area contributed by atoms with E-state index in [2.05, 4.69) is 20.7 Å². The molecular formula is C23H22FN5O5. The quantitative estimate of drug-likeness (QED) is 0.560. The van der Waals surface area contributed by atoms with Crippen molar-refractivity contribution in [2.75, 3.05) is 6.61 Å². The van der Waals surface area contributed by atoms with Crippen molar-refractivity contribution in [1.29, 1.82) is 0 Å². The number of ketones is 2. The molecule has 0 atom stereocenters. The highest BCUT2D eigenvalue weighted by Gasteiger charge is 2.28. The van der Waals surface area contributed by atoms with Crippen LogP contribution in [-0.4, -0.2) is 50.1 Å². The first-order valence-corrected chi connectivity index (χ1v) is 10.5. The molecule has 1 aliphatic rings. The number of carbonyl (C=O) groups excluding carboxylic acids is 4. The van der Waals surface area contributed by atoms with Gasteiger partial charge in [0.25, 0.3) is 11.8 Å². The van der Waals surface area contributed by atoms with E-state index >= 15 is 0 Å². The minimum Gasteiger partial charge on any atom is -0.486 e. The van der Waals surface area contributed by atoms with E-state index in [1.54, 1.807) is 18.2 Å². The van der Waals surface area contributed by atoms with E-state index in [9.17, 15) is 23.6 Å². The molecule has 2 N–H and O–H groups in total. The Kier molecular flexibility index (Phi) is 5.86. The summed E-state index contributed by atoms with van der Waals surface area (Å²) in [6.45, 7) is 4.54. The molecule has 10 nitrogen and oxygen atoms in total. The molecule has 11 heteroatoms. The van der Waals surface area contributed by atoms with Gasteiger partial charge < -0.3 is 15.4 Å². The second kappa shape index (κ2) is 8.65. The fourth-order valence-electron chi connectivity index (χ4n) is 3.37. The maximum atomic E-state index is 14.2. The van der Waals surface area contributed by atoms with Crippen LogP contribution >= 0.6 is 0 Å². The van der Waals surface area contributed by atoms with Crippen LogP contribution in [0, 0.1) is 5.82 Å². The summed E-state index contributed by atoms with van der Waals surface area (Å²) < 4.78 is 20.6. The zero-order chi connectivity index (χ0) is 24.6. The molecule has 0 spiro atoms. The van der Waals surface area contributed by atoms with Crippen molar-refractivity contribution < 1.29 is 28.3 Å². The SMILES string of the molecule is CC(=O)C(C)(C)NC(=O)c1cc(C(=O)NCc2ccc3c(c2)CC(=O)CO3)nc2c(F)cnn12. The van der Waals surface area contributed by atoms with Crippen molar-refractivity contribution in [3.8, 4) is 5.75 Å². The number of fused-ring (bicyclic) bond motifs is 2. The number of hydrogen-bond donors (Lipinski definition) is 2. The van der Waals surface area contributed by atoms with E-state index in [1.165, 1.54) is 26.8 Å². The minimum absolute atomic E-state index is 0.0345. The van der Waals surface area contributed by atoms with E-state index in [1.807, 2.05) is 0 Å². The fraction of sp³-hybridized carbons (Fsp3) is 0.304. The summed E-state index contributed by atoms with van der Waals surface area (Å²) in [7, 11) is 0. The van der Waals surface area contributed by atoms with Gasteiger partial charge in [-0.05, 0) is 38.5 Å². The molecule has 0 saturated carbocycles. The number of amides is 2. The Labute approximate surface area is 193 Å². The van der Waals surface area contributed by atoms with Crippen molar-refractivity contribution in [2.24, 2.45) is 0 Å². The van der Waals surface area contributed by atoms with Crippen LogP contribution in [0.3, 0.4) is 0 Å². The van der Waals surface area contributed by atoms with Crippen LogP contribution in [0.1, 0.15) is 52.9 Å². The molecule has 0 radical (unpaired) electrons. The first-order valence-electron chi connectivity index (χ1n) is 10.5. The van der Waals surface area contributed by atoms with Gasteiger partial charge in [-0.2, -0.15) is 5.10 Å². The summed E-state index contributed by atoms with van der Waals surface area (Å²) in [5.74, 6) is -1.87. The van der Waals surface area contributed by atoms with Crippen LogP contribution in [0.25, 0.3) is 5.65 Å². The Morgan fingerprint density at radius 1 is 1.21 bits per heavy atom. The van der Waals surface area contributed by atoms with Crippen LogP contribution in [-0.2, 0) is 22.6 Å². The number of Topliss-reactive ketones (excluding diaryl/α,β-unsaturated/α-hetero) is 2. The molecule has 0 bridgehead atoms. The number of aromatic nitrogens is 3. The molecule has 4 rings (SSSR count). The average molecular weight is 467 g/mol. The van der Waals surface area contributed by atoms with E-state index in [-0.39, 0.29) is 48.2 Å². The van der Waals surface area contributed by atoms with Crippen molar-refractivity contribution in [3.63, 3.8) is 0 Å². The number of nitrogens with one attached hydrogen (secondary N) is 2. The third-order valence-corrected chi connectivity index (χ3v) is 5.55. The lowest BCUT2D eigenvalue weighted by Crippen LogP contribution is -2.49. The second-order valence-corrected chi connectivity index (χ2v) is 8.52. The summed E-state index contributed by atoms with van der Waals surface area (Å²) in [5, 5.41) is 9.05. The Balaban J connectivity index is 1.58. The number of benzene rings is 1. The molecule has 0 aliphatic carbocycles. The van der Waals surface area contributed by atoms with Crippen molar-refractivity contribution in [2.45, 2.75) is 39.3 Å². The molecule has 2 aromatic heterocycles. The summed E-state index contributed by atoms with van der Waals surface area (Å²) in [4.78, 5) is 53.1. The molecule has 3 aromatic rings. The maximum Gasteiger partial charge on any atom is 0.270 e. The van der Waals surface area contributed by atoms with Crippen LogP contribution in [0.5, 0.6) is 5.75 Å². The number of ether oxygens (including phenoxy) is 1. The number of carbonyl (C=O) groups is 4. The predicted octanol–water partition coefficient (Wildman–Crippen LogP) is 1.40. The van der Waals surface area contributed by atoms with Gasteiger partial charge in [0.05, 0.1) is 11.7 Å². The molecule has 1 aliphatic heterocycles. The van der Waals surface area contributed by atoms with Gasteiger partial charge in [-0.25, -0.2) is 13.9 Å². The van der Waals surface area contributed by atoms with Crippen molar-refractivity contribution >= 4 is 29.0 Å². The minimum atomic E-state index is -1.18. The van der Waals surface area contributed by atoms with Crippen LogP contribution in [0.2, 0.25) is 0 Å². The van der Waals surface area contributed by atoms with Gasteiger partial charge in [0.15, 0.2) is 23.0 Å². The van der Waals surface area contributed by atoms with Crippen LogP contribution in [0.15, 0.2) is 30.5 Å². The highest BCUT2D eigenvalue weighted by atomic mass is 19.1. The van der Waals surface area contributed by atoms with Crippen LogP contribution in [0.4, 0.5) is 4.39 Å². The molecule has 176 valence electrons. The standard InChI is InChI=1S/C23H22FN5O5/c1-12(30)23(2,3)28-22(33)18-8-17(27-20-16(24)10-26-29(18)20)21(32)25-9-13-4-5-19-14(6-13)7-15(31)11-34-19/h4-6,8,10H,7,9,11H2,1-3H3,(H,25,32)(H,28,33). The highest BCUT2D eigenvalue weighted by molar-refractivity contribution is 6.00. The van der Waals surface area contributed by atoms with E-state index < -0.39 is 23.2 Å². The monoisotopic (exact) mass is 467 g/mol. The predicted molar refractivity (Wildman–Crippen MR) is 117 cm³/mol. The molecule has 0 saturated heterocycles. The van der Waals surface area contributed by atoms with E-state index in [4.69, 9.17) is 4.74 Å². The Bertz CT molecular complexity index is 1350.